The summed E-state index contributed by atoms with van der Waals surface area (Å²) in [6, 6.07) is 6.33. The van der Waals surface area contributed by atoms with Crippen molar-refractivity contribution in [2.24, 2.45) is 4.99 Å². The Bertz CT molecular complexity index is 771. The number of benzene rings is 1. The van der Waals surface area contributed by atoms with Crippen molar-refractivity contribution >= 4 is 29.2 Å². The monoisotopic (exact) mass is 437 g/mol. The Morgan fingerprint density at radius 1 is 1.14 bits per heavy atom. The molecule has 1 aromatic carbocycles. The number of unbranched alkanes of at least 4 members (excludes halogenated alkanes) is 1. The zero-order valence-electron chi connectivity index (χ0n) is 16.8. The van der Waals surface area contributed by atoms with Crippen LogP contribution in [0.25, 0.3) is 0 Å². The Labute approximate surface area is 182 Å². The quantitative estimate of drug-likeness (QED) is 0.376. The summed E-state index contributed by atoms with van der Waals surface area (Å²) >= 11 is 12.1. The van der Waals surface area contributed by atoms with Gasteiger partial charge in [-0.2, -0.15) is 0 Å². The second-order valence-electron chi connectivity index (χ2n) is 7.35. The highest BCUT2D eigenvalue weighted by molar-refractivity contribution is 6.42. The number of aliphatic imine (C=N–C) groups is 1. The molecular weight excluding hydrogens is 409 g/mol. The van der Waals surface area contributed by atoms with E-state index in [9.17, 15) is 0 Å². The number of nitrogens with zero attached hydrogens (tertiary/aromatic N) is 5. The topological polar surface area (TPSA) is 70.4 Å². The smallest absolute Gasteiger partial charge is 0.191 e. The average molecular weight is 438 g/mol. The van der Waals surface area contributed by atoms with Crippen LogP contribution in [0, 0.1) is 0 Å². The highest BCUT2D eigenvalue weighted by atomic mass is 35.5. The fraction of sp³-hybridized carbons (Fsp3) is 0.550. The molecule has 2 N–H and O–H groups in total. The van der Waals surface area contributed by atoms with Crippen molar-refractivity contribution in [3.63, 3.8) is 0 Å². The van der Waals surface area contributed by atoms with Gasteiger partial charge in [0.1, 0.15) is 12.7 Å². The predicted octanol–water partition coefficient (Wildman–Crippen LogP) is 3.19. The van der Waals surface area contributed by atoms with Crippen LogP contribution in [0.4, 0.5) is 0 Å². The molecule has 1 aliphatic rings. The lowest BCUT2D eigenvalue weighted by Gasteiger charge is -2.33. The molecule has 29 heavy (non-hydrogen) atoms. The van der Waals surface area contributed by atoms with E-state index in [1.165, 1.54) is 5.56 Å². The fourth-order valence-electron chi connectivity index (χ4n) is 3.48. The van der Waals surface area contributed by atoms with Crippen LogP contribution in [-0.2, 0) is 13.1 Å². The van der Waals surface area contributed by atoms with Gasteiger partial charge in [0, 0.05) is 45.8 Å². The molecule has 0 saturated carbocycles. The van der Waals surface area contributed by atoms with Gasteiger partial charge in [0.2, 0.25) is 0 Å². The number of hydrogen-bond donors (Lipinski definition) is 2. The van der Waals surface area contributed by atoms with Crippen molar-refractivity contribution in [1.29, 1.82) is 0 Å². The van der Waals surface area contributed by atoms with Gasteiger partial charge in [-0.05, 0) is 43.4 Å². The van der Waals surface area contributed by atoms with Crippen LogP contribution in [0.1, 0.15) is 31.2 Å². The van der Waals surface area contributed by atoms with Crippen LogP contribution < -0.4 is 10.6 Å². The molecule has 1 fully saturated rings. The molecule has 158 valence electrons. The Hall–Kier alpha value is -1.83. The molecule has 9 heteroatoms. The molecule has 0 aliphatic carbocycles. The highest BCUT2D eigenvalue weighted by Gasteiger charge is 2.20. The minimum atomic E-state index is 0.447. The van der Waals surface area contributed by atoms with Crippen molar-refractivity contribution in [2.45, 2.75) is 44.8 Å². The van der Waals surface area contributed by atoms with E-state index in [1.54, 1.807) is 12.7 Å². The molecule has 0 bridgehead atoms. The third kappa shape index (κ3) is 7.17. The lowest BCUT2D eigenvalue weighted by molar-refractivity contribution is 0.198. The van der Waals surface area contributed by atoms with Gasteiger partial charge < -0.3 is 15.2 Å². The summed E-state index contributed by atoms with van der Waals surface area (Å²) in [6.07, 6.45) is 7.84. The van der Waals surface area contributed by atoms with E-state index < -0.39 is 0 Å². The van der Waals surface area contributed by atoms with E-state index in [-0.39, 0.29) is 0 Å². The van der Waals surface area contributed by atoms with E-state index in [4.69, 9.17) is 23.2 Å². The molecule has 3 rings (SSSR count). The molecule has 7 nitrogen and oxygen atoms in total. The van der Waals surface area contributed by atoms with Gasteiger partial charge in [-0.1, -0.05) is 29.3 Å². The number of nitrogens with one attached hydrogen (secondary N) is 2. The molecular formula is C20H29Cl2N7. The molecule has 0 spiro atoms. The van der Waals surface area contributed by atoms with Crippen LogP contribution in [-0.4, -0.2) is 58.3 Å². The van der Waals surface area contributed by atoms with Crippen molar-refractivity contribution in [3.8, 4) is 0 Å². The number of piperidine rings is 1. The summed E-state index contributed by atoms with van der Waals surface area (Å²) in [5.74, 6) is 0.886. The summed E-state index contributed by atoms with van der Waals surface area (Å²) in [4.78, 5) is 6.82. The normalized spacial score (nSPS) is 16.2. The summed E-state index contributed by atoms with van der Waals surface area (Å²) in [7, 11) is 1.83. The first kappa shape index (κ1) is 21.9. The number of aryl methyl sites for hydroxylation is 1. The molecule has 1 saturated heterocycles. The van der Waals surface area contributed by atoms with Crippen molar-refractivity contribution in [3.05, 3.63) is 46.5 Å². The zero-order chi connectivity index (χ0) is 20.5. The predicted molar refractivity (Wildman–Crippen MR) is 119 cm³/mol. The first-order chi connectivity index (χ1) is 14.1. The molecule has 0 unspecified atom stereocenters. The van der Waals surface area contributed by atoms with Crippen molar-refractivity contribution < 1.29 is 0 Å². The largest absolute Gasteiger partial charge is 0.356 e. The summed E-state index contributed by atoms with van der Waals surface area (Å²) in [5, 5.41) is 15.8. The van der Waals surface area contributed by atoms with Crippen LogP contribution in [0.3, 0.4) is 0 Å². The van der Waals surface area contributed by atoms with E-state index in [2.05, 4.69) is 30.7 Å². The fourth-order valence-corrected chi connectivity index (χ4v) is 3.80. The van der Waals surface area contributed by atoms with Gasteiger partial charge >= 0.3 is 0 Å². The summed E-state index contributed by atoms with van der Waals surface area (Å²) < 4.78 is 2.00. The minimum absolute atomic E-state index is 0.447. The summed E-state index contributed by atoms with van der Waals surface area (Å²) in [5.41, 5.74) is 1.20. The maximum absolute atomic E-state index is 6.13. The second-order valence-corrected chi connectivity index (χ2v) is 8.16. The van der Waals surface area contributed by atoms with Gasteiger partial charge in [-0.15, -0.1) is 10.2 Å². The molecule has 0 atom stereocenters. The van der Waals surface area contributed by atoms with Gasteiger partial charge in [0.05, 0.1) is 10.0 Å². The van der Waals surface area contributed by atoms with Crippen LogP contribution in [0.2, 0.25) is 10.0 Å². The second kappa shape index (κ2) is 11.4. The Morgan fingerprint density at radius 3 is 2.59 bits per heavy atom. The lowest BCUT2D eigenvalue weighted by atomic mass is 10.0. The van der Waals surface area contributed by atoms with Crippen LogP contribution in [0.15, 0.2) is 35.8 Å². The SMILES string of the molecule is CN=C(NCCCCn1cnnc1)NC1CCN(Cc2ccc(Cl)c(Cl)c2)CC1. The number of halogens is 2. The van der Waals surface area contributed by atoms with Crippen molar-refractivity contribution in [2.75, 3.05) is 26.7 Å². The van der Waals surface area contributed by atoms with Gasteiger partial charge in [-0.3, -0.25) is 9.89 Å². The van der Waals surface area contributed by atoms with Crippen LogP contribution >= 0.6 is 23.2 Å². The molecule has 2 heterocycles. The Balaban J connectivity index is 1.32. The number of rotatable bonds is 8. The molecule has 1 aliphatic heterocycles. The Kier molecular flexibility index (Phi) is 8.58. The maximum Gasteiger partial charge on any atom is 0.191 e. The van der Waals surface area contributed by atoms with Crippen LogP contribution in [0.5, 0.6) is 0 Å². The minimum Gasteiger partial charge on any atom is -0.356 e. The summed E-state index contributed by atoms with van der Waals surface area (Å²) in [6.45, 7) is 4.85. The van der Waals surface area contributed by atoms with Gasteiger partial charge in [0.25, 0.3) is 0 Å². The first-order valence-electron chi connectivity index (χ1n) is 10.1. The number of aromatic nitrogens is 3. The molecule has 0 radical (unpaired) electrons. The third-order valence-electron chi connectivity index (χ3n) is 5.14. The first-order valence-corrected chi connectivity index (χ1v) is 10.9. The van der Waals surface area contributed by atoms with E-state index in [1.807, 2.05) is 29.8 Å². The number of likely N-dealkylation sites (tertiary alicyclic amines) is 1. The Morgan fingerprint density at radius 2 is 1.90 bits per heavy atom. The standard InChI is InChI=1S/C20H29Cl2N7/c1-23-20(24-8-2-3-9-29-14-25-26-15-29)27-17-6-10-28(11-7-17)13-16-4-5-18(21)19(22)12-16/h4-5,12,14-15,17H,2-3,6-11,13H2,1H3,(H2,23,24,27). The van der Waals surface area contributed by atoms with E-state index >= 15 is 0 Å². The average Bonchev–Trinajstić information content (AvgIpc) is 3.24. The van der Waals surface area contributed by atoms with Gasteiger partial charge in [0.15, 0.2) is 5.96 Å². The van der Waals surface area contributed by atoms with E-state index in [0.29, 0.717) is 16.1 Å². The molecule has 2 aromatic rings. The maximum atomic E-state index is 6.13. The molecule has 1 aromatic heterocycles. The zero-order valence-corrected chi connectivity index (χ0v) is 18.3. The van der Waals surface area contributed by atoms with Crippen molar-refractivity contribution in [1.82, 2.24) is 30.3 Å². The lowest BCUT2D eigenvalue weighted by Crippen LogP contribution is -2.48. The van der Waals surface area contributed by atoms with Gasteiger partial charge in [-0.25, -0.2) is 0 Å². The number of hydrogen-bond acceptors (Lipinski definition) is 4. The number of guanidine groups is 1. The third-order valence-corrected chi connectivity index (χ3v) is 5.88. The molecule has 0 amide bonds. The van der Waals surface area contributed by atoms with E-state index in [0.717, 1.165) is 64.4 Å². The highest BCUT2D eigenvalue weighted by Crippen LogP contribution is 2.24.